The van der Waals surface area contributed by atoms with Gasteiger partial charge in [-0.25, -0.2) is 4.99 Å². The van der Waals surface area contributed by atoms with Crippen LogP contribution >= 0.6 is 11.8 Å². The van der Waals surface area contributed by atoms with E-state index in [0.29, 0.717) is 41.1 Å². The van der Waals surface area contributed by atoms with Crippen LogP contribution in [0.2, 0.25) is 0 Å². The number of aliphatic imine (C=N–C) groups is 1. The molecule has 0 aromatic heterocycles. The number of nitrogens with zero attached hydrogens (tertiary/aromatic N) is 2. The van der Waals surface area contributed by atoms with Crippen molar-refractivity contribution in [3.05, 3.63) is 64.6 Å². The minimum atomic E-state index is -0.129. The molecule has 1 N–H and O–H groups in total. The third kappa shape index (κ3) is 5.57. The highest BCUT2D eigenvalue weighted by atomic mass is 32.2. The van der Waals surface area contributed by atoms with Crippen LogP contribution in [0.1, 0.15) is 25.0 Å². The van der Waals surface area contributed by atoms with Crippen molar-refractivity contribution in [2.24, 2.45) is 4.99 Å². The molecule has 0 spiro atoms. The molecule has 1 heterocycles. The van der Waals surface area contributed by atoms with Crippen molar-refractivity contribution in [3.63, 3.8) is 0 Å². The Balaban J connectivity index is 2.00. The number of amidine groups is 1. The second-order valence-corrected chi connectivity index (χ2v) is 7.69. The minimum Gasteiger partial charge on any atom is -0.504 e. The van der Waals surface area contributed by atoms with Crippen LogP contribution < -0.4 is 4.74 Å². The molecule has 6 nitrogen and oxygen atoms in total. The summed E-state index contributed by atoms with van der Waals surface area (Å²) < 4.78 is 10.7. The maximum Gasteiger partial charge on any atom is 0.266 e. The van der Waals surface area contributed by atoms with Gasteiger partial charge in [-0.2, -0.15) is 0 Å². The van der Waals surface area contributed by atoms with Gasteiger partial charge in [-0.1, -0.05) is 30.4 Å². The molecule has 1 saturated heterocycles. The number of methoxy groups -OCH3 is 1. The minimum absolute atomic E-state index is 0.0838. The fraction of sp³-hybridized carbons (Fsp3) is 0.250. The van der Waals surface area contributed by atoms with Crippen molar-refractivity contribution in [3.8, 4) is 11.5 Å². The van der Waals surface area contributed by atoms with E-state index in [-0.39, 0.29) is 11.7 Å². The van der Waals surface area contributed by atoms with Gasteiger partial charge in [0.25, 0.3) is 5.91 Å². The van der Waals surface area contributed by atoms with Crippen LogP contribution in [0.3, 0.4) is 0 Å². The molecule has 0 aliphatic carbocycles. The Morgan fingerprint density at radius 1 is 1.23 bits per heavy atom. The van der Waals surface area contributed by atoms with Gasteiger partial charge in [-0.15, -0.1) is 0 Å². The lowest BCUT2D eigenvalue weighted by Gasteiger charge is -2.14. The highest BCUT2D eigenvalue weighted by Crippen LogP contribution is 2.37. The molecule has 2 aromatic carbocycles. The van der Waals surface area contributed by atoms with Crippen LogP contribution in [-0.4, -0.2) is 47.9 Å². The Labute approximate surface area is 186 Å². The quantitative estimate of drug-likeness (QED) is 0.583. The zero-order chi connectivity index (χ0) is 22.2. The van der Waals surface area contributed by atoms with E-state index in [9.17, 15) is 9.90 Å². The van der Waals surface area contributed by atoms with Gasteiger partial charge >= 0.3 is 0 Å². The van der Waals surface area contributed by atoms with Gasteiger partial charge in [-0.05, 0) is 61.5 Å². The molecular weight excluding hydrogens is 412 g/mol. The molecule has 31 heavy (non-hydrogen) atoms. The lowest BCUT2D eigenvalue weighted by Crippen LogP contribution is -2.32. The lowest BCUT2D eigenvalue weighted by molar-refractivity contribution is -0.122. The summed E-state index contributed by atoms with van der Waals surface area (Å²) in [6.45, 7) is 4.98. The van der Waals surface area contributed by atoms with Gasteiger partial charge in [-0.3, -0.25) is 9.69 Å². The van der Waals surface area contributed by atoms with Gasteiger partial charge in [0, 0.05) is 12.7 Å². The van der Waals surface area contributed by atoms with Crippen LogP contribution in [0.15, 0.2) is 58.4 Å². The van der Waals surface area contributed by atoms with Crippen molar-refractivity contribution < 1.29 is 19.4 Å². The van der Waals surface area contributed by atoms with E-state index in [0.717, 1.165) is 11.3 Å². The average Bonchev–Trinajstić information content (AvgIpc) is 3.05. The van der Waals surface area contributed by atoms with Crippen LogP contribution in [0, 0.1) is 0 Å². The lowest BCUT2D eigenvalue weighted by atomic mass is 10.1. The molecule has 1 fully saturated rings. The number of phenols is 1. The molecule has 1 aliphatic heterocycles. The average molecular weight is 439 g/mol. The Morgan fingerprint density at radius 3 is 2.68 bits per heavy atom. The number of benzene rings is 2. The van der Waals surface area contributed by atoms with Crippen molar-refractivity contribution in [1.29, 1.82) is 0 Å². The zero-order valence-electron chi connectivity index (χ0n) is 17.9. The van der Waals surface area contributed by atoms with Crippen molar-refractivity contribution >= 4 is 40.7 Å². The summed E-state index contributed by atoms with van der Waals surface area (Å²) in [6, 6.07) is 13.1. The second-order valence-electron chi connectivity index (χ2n) is 6.68. The molecule has 0 unspecified atom stereocenters. The summed E-state index contributed by atoms with van der Waals surface area (Å²) in [7, 11) is 1.60. The largest absolute Gasteiger partial charge is 0.504 e. The number of para-hydroxylation sites is 1. The first-order chi connectivity index (χ1) is 15.1. The Kier molecular flexibility index (Phi) is 7.92. The summed E-state index contributed by atoms with van der Waals surface area (Å²) in [4.78, 5) is 19.9. The van der Waals surface area contributed by atoms with E-state index in [1.807, 2.05) is 56.3 Å². The summed E-state index contributed by atoms with van der Waals surface area (Å²) in [5.41, 5.74) is 2.17. The van der Waals surface area contributed by atoms with Gasteiger partial charge in [0.1, 0.15) is 0 Å². The Bertz CT molecular complexity index is 1020. The highest BCUT2D eigenvalue weighted by molar-refractivity contribution is 8.18. The number of ether oxygens (including phenoxy) is 2. The standard InChI is InChI=1S/C24H26N2O4S/c1-4-9-18-14-17(15-20(22(18)27)30-5-2)16-21-23(28)26(12-13-29-3)24(31-21)25-19-10-7-6-8-11-19/h4,6-11,14-16,27H,5,12-13H2,1-3H3/b9-4+,21-16-,25-24?. The molecule has 0 saturated carbocycles. The molecule has 2 aromatic rings. The maximum absolute atomic E-state index is 13.1. The van der Waals surface area contributed by atoms with E-state index in [2.05, 4.69) is 4.99 Å². The second kappa shape index (κ2) is 10.8. The van der Waals surface area contributed by atoms with Gasteiger partial charge < -0.3 is 14.6 Å². The summed E-state index contributed by atoms with van der Waals surface area (Å²) in [5, 5.41) is 11.0. The molecule has 1 amide bonds. The first-order valence-corrected chi connectivity index (χ1v) is 10.9. The van der Waals surface area contributed by atoms with E-state index >= 15 is 0 Å². The number of hydrogen-bond acceptors (Lipinski definition) is 6. The smallest absolute Gasteiger partial charge is 0.266 e. The summed E-state index contributed by atoms with van der Waals surface area (Å²) in [5.74, 6) is 0.339. The van der Waals surface area contributed by atoms with Gasteiger partial charge in [0.05, 0.1) is 30.4 Å². The number of thioether (sulfide) groups is 1. The van der Waals surface area contributed by atoms with E-state index < -0.39 is 0 Å². The summed E-state index contributed by atoms with van der Waals surface area (Å²) in [6.07, 6.45) is 5.44. The van der Waals surface area contributed by atoms with E-state index in [1.54, 1.807) is 30.2 Å². The molecule has 0 atom stereocenters. The molecule has 3 rings (SSSR count). The van der Waals surface area contributed by atoms with Crippen LogP contribution in [0.4, 0.5) is 5.69 Å². The van der Waals surface area contributed by atoms with Crippen molar-refractivity contribution in [2.75, 3.05) is 26.9 Å². The number of rotatable bonds is 8. The fourth-order valence-electron chi connectivity index (χ4n) is 3.04. The normalized spacial score (nSPS) is 16.7. The molecule has 0 radical (unpaired) electrons. The number of hydrogen-bond donors (Lipinski definition) is 1. The predicted molar refractivity (Wildman–Crippen MR) is 127 cm³/mol. The molecule has 1 aliphatic rings. The van der Waals surface area contributed by atoms with Crippen LogP contribution in [-0.2, 0) is 9.53 Å². The predicted octanol–water partition coefficient (Wildman–Crippen LogP) is 5.07. The van der Waals surface area contributed by atoms with E-state index in [4.69, 9.17) is 9.47 Å². The Hall–Kier alpha value is -3.03. The highest BCUT2D eigenvalue weighted by Gasteiger charge is 2.33. The fourth-order valence-corrected chi connectivity index (χ4v) is 4.07. The summed E-state index contributed by atoms with van der Waals surface area (Å²) >= 11 is 1.32. The van der Waals surface area contributed by atoms with Crippen molar-refractivity contribution in [2.45, 2.75) is 13.8 Å². The Morgan fingerprint density at radius 2 is 2.00 bits per heavy atom. The molecule has 7 heteroatoms. The third-order valence-corrected chi connectivity index (χ3v) is 5.47. The zero-order valence-corrected chi connectivity index (χ0v) is 18.7. The molecular formula is C24H26N2O4S. The van der Waals surface area contributed by atoms with E-state index in [1.165, 1.54) is 11.8 Å². The first-order valence-electron chi connectivity index (χ1n) is 10.0. The number of allylic oxidation sites excluding steroid dienone is 1. The topological polar surface area (TPSA) is 71.4 Å². The molecule has 162 valence electrons. The first kappa shape index (κ1) is 22.7. The maximum atomic E-state index is 13.1. The number of aromatic hydroxyl groups is 1. The van der Waals surface area contributed by atoms with Crippen molar-refractivity contribution in [1.82, 2.24) is 4.90 Å². The van der Waals surface area contributed by atoms with Gasteiger partial charge in [0.15, 0.2) is 16.7 Å². The van der Waals surface area contributed by atoms with Crippen LogP contribution in [0.25, 0.3) is 12.2 Å². The number of phenolic OH excluding ortho intramolecular Hbond substituents is 1. The van der Waals surface area contributed by atoms with Crippen LogP contribution in [0.5, 0.6) is 11.5 Å². The SMILES string of the molecule is C/C=C/c1cc(/C=C2\SC(=Nc3ccccc3)N(CCOC)C2=O)cc(OCC)c1O. The number of carbonyl (C=O) groups excluding carboxylic acids is 1. The number of carbonyl (C=O) groups is 1. The molecule has 0 bridgehead atoms. The third-order valence-electron chi connectivity index (χ3n) is 4.46. The monoisotopic (exact) mass is 438 g/mol. The van der Waals surface area contributed by atoms with Gasteiger partial charge in [0.2, 0.25) is 0 Å². The number of amides is 1.